The van der Waals surface area contributed by atoms with Gasteiger partial charge in [-0.25, -0.2) is 0 Å². The molecule has 2 aromatic rings. The molecule has 0 aliphatic carbocycles. The van der Waals surface area contributed by atoms with E-state index in [2.05, 4.69) is 10.1 Å². The molecule has 2 rings (SSSR count). The molecule has 0 bridgehead atoms. The lowest BCUT2D eigenvalue weighted by atomic mass is 10.1. The molecule has 2 N–H and O–H groups in total. The third-order valence-corrected chi connectivity index (χ3v) is 4.74. The quantitative estimate of drug-likeness (QED) is 0.886. The van der Waals surface area contributed by atoms with Gasteiger partial charge in [0.25, 0.3) is 0 Å². The Bertz CT molecular complexity index is 627. The third kappa shape index (κ3) is 3.64. The number of aryl methyl sites for hydroxylation is 1. The van der Waals surface area contributed by atoms with Gasteiger partial charge >= 0.3 is 0 Å². The lowest BCUT2D eigenvalue weighted by Crippen LogP contribution is -2.25. The summed E-state index contributed by atoms with van der Waals surface area (Å²) in [5, 5.41) is 3.71. The molecule has 0 aliphatic rings. The Hall–Kier alpha value is -1.82. The van der Waals surface area contributed by atoms with Crippen LogP contribution in [-0.2, 0) is 4.79 Å². The van der Waals surface area contributed by atoms with Crippen molar-refractivity contribution in [1.82, 2.24) is 10.1 Å². The molecule has 1 amide bonds. The number of thioether (sulfide) groups is 1. The number of rotatable bonds is 6. The van der Waals surface area contributed by atoms with Crippen LogP contribution in [0.5, 0.6) is 0 Å². The number of hydrogen-bond acceptors (Lipinski definition) is 5. The number of nitrogens with zero attached hydrogens (tertiary/aromatic N) is 2. The largest absolute Gasteiger partial charge is 0.369 e. The average Bonchev–Trinajstić information content (AvgIpc) is 2.94. The molecule has 0 fully saturated rings. The number of benzene rings is 1. The highest BCUT2D eigenvalue weighted by Crippen LogP contribution is 2.33. The highest BCUT2D eigenvalue weighted by molar-refractivity contribution is 8.00. The number of amides is 1. The number of aromatic nitrogens is 2. The molecule has 0 saturated heterocycles. The maximum atomic E-state index is 11.3. The smallest absolute Gasteiger partial charge is 0.239 e. The summed E-state index contributed by atoms with van der Waals surface area (Å²) in [6, 6.07) is 7.87. The average molecular weight is 305 g/mol. The summed E-state index contributed by atoms with van der Waals surface area (Å²) in [7, 11) is 0. The second-order valence-corrected chi connectivity index (χ2v) is 6.40. The number of carbonyl (C=O) groups is 1. The normalized spacial score (nSPS) is 13.9. The van der Waals surface area contributed by atoms with Crippen LogP contribution < -0.4 is 5.73 Å². The first-order valence-electron chi connectivity index (χ1n) is 6.87. The van der Waals surface area contributed by atoms with E-state index in [0.29, 0.717) is 18.1 Å². The standard InChI is InChI=1S/C15H19N3O2S/c1-4-12(13(16)19)21-10(3)15-17-14(18-20-15)11-8-6-5-7-9(11)2/h5-8,10,12H,4H2,1-3H3,(H2,16,19)/t10-,12+/m0/s1. The van der Waals surface area contributed by atoms with Gasteiger partial charge in [0, 0.05) is 5.56 Å². The number of carbonyl (C=O) groups excluding carboxylic acids is 1. The van der Waals surface area contributed by atoms with Crippen LogP contribution in [0.15, 0.2) is 28.8 Å². The third-order valence-electron chi connectivity index (χ3n) is 3.23. The van der Waals surface area contributed by atoms with Gasteiger partial charge in [-0.2, -0.15) is 4.98 Å². The Morgan fingerprint density at radius 1 is 1.43 bits per heavy atom. The second-order valence-electron chi connectivity index (χ2n) is 4.85. The molecule has 2 atom stereocenters. The molecule has 0 radical (unpaired) electrons. The topological polar surface area (TPSA) is 82.0 Å². The van der Waals surface area contributed by atoms with Crippen molar-refractivity contribution in [1.29, 1.82) is 0 Å². The fraction of sp³-hybridized carbons (Fsp3) is 0.400. The van der Waals surface area contributed by atoms with Gasteiger partial charge in [-0.3, -0.25) is 4.79 Å². The summed E-state index contributed by atoms with van der Waals surface area (Å²) in [4.78, 5) is 15.7. The maximum absolute atomic E-state index is 11.3. The van der Waals surface area contributed by atoms with Crippen LogP contribution in [0, 0.1) is 6.92 Å². The molecular weight excluding hydrogens is 286 g/mol. The molecule has 0 saturated carbocycles. The molecule has 0 unspecified atom stereocenters. The lowest BCUT2D eigenvalue weighted by molar-refractivity contribution is -0.117. The Labute approximate surface area is 128 Å². The first-order chi connectivity index (χ1) is 10.0. The van der Waals surface area contributed by atoms with Crippen molar-refractivity contribution >= 4 is 17.7 Å². The second kappa shape index (κ2) is 6.76. The van der Waals surface area contributed by atoms with E-state index in [4.69, 9.17) is 10.3 Å². The van der Waals surface area contributed by atoms with E-state index in [1.807, 2.05) is 45.0 Å². The zero-order chi connectivity index (χ0) is 15.4. The van der Waals surface area contributed by atoms with Gasteiger partial charge in [-0.15, -0.1) is 11.8 Å². The van der Waals surface area contributed by atoms with Crippen molar-refractivity contribution < 1.29 is 9.32 Å². The van der Waals surface area contributed by atoms with Crippen molar-refractivity contribution in [2.24, 2.45) is 5.73 Å². The van der Waals surface area contributed by atoms with Gasteiger partial charge < -0.3 is 10.3 Å². The summed E-state index contributed by atoms with van der Waals surface area (Å²) >= 11 is 1.45. The molecule has 0 spiro atoms. The molecule has 0 aliphatic heterocycles. The molecular formula is C15H19N3O2S. The Balaban J connectivity index is 2.16. The summed E-state index contributed by atoms with van der Waals surface area (Å²) in [5.41, 5.74) is 7.41. The van der Waals surface area contributed by atoms with Gasteiger partial charge in [0.05, 0.1) is 10.5 Å². The van der Waals surface area contributed by atoms with Crippen LogP contribution in [0.2, 0.25) is 0 Å². The molecule has 1 aromatic carbocycles. The molecule has 112 valence electrons. The highest BCUT2D eigenvalue weighted by atomic mass is 32.2. The van der Waals surface area contributed by atoms with E-state index in [0.717, 1.165) is 11.1 Å². The van der Waals surface area contributed by atoms with Gasteiger partial charge in [0.2, 0.25) is 17.6 Å². The molecule has 5 nitrogen and oxygen atoms in total. The molecule has 21 heavy (non-hydrogen) atoms. The maximum Gasteiger partial charge on any atom is 0.239 e. The van der Waals surface area contributed by atoms with Crippen LogP contribution in [0.1, 0.15) is 37.0 Å². The van der Waals surface area contributed by atoms with Crippen LogP contribution in [0.4, 0.5) is 0 Å². The van der Waals surface area contributed by atoms with Crippen molar-refractivity contribution in [3.8, 4) is 11.4 Å². The van der Waals surface area contributed by atoms with Crippen molar-refractivity contribution in [3.63, 3.8) is 0 Å². The molecule has 6 heteroatoms. The fourth-order valence-electron chi connectivity index (χ4n) is 2.00. The fourth-order valence-corrected chi connectivity index (χ4v) is 3.03. The minimum Gasteiger partial charge on any atom is -0.369 e. The van der Waals surface area contributed by atoms with E-state index in [1.165, 1.54) is 11.8 Å². The highest BCUT2D eigenvalue weighted by Gasteiger charge is 2.22. The minimum atomic E-state index is -0.312. The molecule has 1 aromatic heterocycles. The Morgan fingerprint density at radius 3 is 2.76 bits per heavy atom. The van der Waals surface area contributed by atoms with E-state index in [1.54, 1.807) is 0 Å². The lowest BCUT2D eigenvalue weighted by Gasteiger charge is -2.13. The van der Waals surface area contributed by atoms with Crippen molar-refractivity contribution in [2.45, 2.75) is 37.7 Å². The SMILES string of the molecule is CC[C@@H](S[C@@H](C)c1nc(-c2ccccc2C)no1)C(N)=O. The zero-order valence-electron chi connectivity index (χ0n) is 12.4. The minimum absolute atomic E-state index is 0.0762. The first-order valence-corrected chi connectivity index (χ1v) is 7.81. The Kier molecular flexibility index (Phi) is 5.01. The number of hydrogen-bond donors (Lipinski definition) is 1. The molecule has 1 heterocycles. The van der Waals surface area contributed by atoms with Gasteiger partial charge in [-0.1, -0.05) is 36.3 Å². The van der Waals surface area contributed by atoms with E-state index in [9.17, 15) is 4.79 Å². The van der Waals surface area contributed by atoms with E-state index < -0.39 is 0 Å². The zero-order valence-corrected chi connectivity index (χ0v) is 13.2. The van der Waals surface area contributed by atoms with Gasteiger partial charge in [0.1, 0.15) is 0 Å². The van der Waals surface area contributed by atoms with E-state index in [-0.39, 0.29) is 16.4 Å². The monoisotopic (exact) mass is 305 g/mol. The van der Waals surface area contributed by atoms with Gasteiger partial charge in [-0.05, 0) is 25.8 Å². The van der Waals surface area contributed by atoms with Crippen LogP contribution >= 0.6 is 11.8 Å². The van der Waals surface area contributed by atoms with Crippen molar-refractivity contribution in [2.75, 3.05) is 0 Å². The first kappa shape index (κ1) is 15.6. The number of primary amides is 1. The Morgan fingerprint density at radius 2 is 2.14 bits per heavy atom. The summed E-state index contributed by atoms with van der Waals surface area (Å²) < 4.78 is 5.33. The predicted molar refractivity (Wildman–Crippen MR) is 83.8 cm³/mol. The summed E-state index contributed by atoms with van der Waals surface area (Å²) in [6.07, 6.45) is 0.684. The predicted octanol–water partition coefficient (Wildman–Crippen LogP) is 3.10. The van der Waals surface area contributed by atoms with E-state index >= 15 is 0 Å². The van der Waals surface area contributed by atoms with Crippen LogP contribution in [-0.4, -0.2) is 21.3 Å². The van der Waals surface area contributed by atoms with Crippen LogP contribution in [0.3, 0.4) is 0 Å². The summed E-state index contributed by atoms with van der Waals surface area (Å²) in [6.45, 7) is 5.87. The van der Waals surface area contributed by atoms with Crippen LogP contribution in [0.25, 0.3) is 11.4 Å². The van der Waals surface area contributed by atoms with Gasteiger partial charge in [0.15, 0.2) is 0 Å². The summed E-state index contributed by atoms with van der Waals surface area (Å²) in [5.74, 6) is 0.772. The van der Waals surface area contributed by atoms with Crippen molar-refractivity contribution in [3.05, 3.63) is 35.7 Å². The number of nitrogens with two attached hydrogens (primary N) is 1.